The number of benzene rings is 1. The second-order valence-corrected chi connectivity index (χ2v) is 8.23. The van der Waals surface area contributed by atoms with Crippen molar-refractivity contribution in [1.82, 2.24) is 9.47 Å². The van der Waals surface area contributed by atoms with Crippen LogP contribution in [-0.2, 0) is 17.7 Å². The molecule has 0 radical (unpaired) electrons. The zero-order valence-electron chi connectivity index (χ0n) is 18.8. The number of fused-ring (bicyclic) bond motifs is 1. The minimum absolute atomic E-state index is 0.0373. The molecule has 2 aliphatic rings. The monoisotopic (exact) mass is 458 g/mol. The van der Waals surface area contributed by atoms with Crippen LogP contribution in [0, 0.1) is 5.82 Å². The van der Waals surface area contributed by atoms with Crippen LogP contribution in [-0.4, -0.2) is 54.8 Å². The topological polar surface area (TPSA) is 87.1 Å². The maximum Gasteiger partial charge on any atom is 0.343 e. The van der Waals surface area contributed by atoms with Crippen molar-refractivity contribution in [3.63, 3.8) is 0 Å². The van der Waals surface area contributed by atoms with Gasteiger partial charge in [-0.25, -0.2) is 9.18 Å². The molecule has 1 saturated carbocycles. The quantitative estimate of drug-likeness (QED) is 0.641. The molecule has 2 heterocycles. The van der Waals surface area contributed by atoms with Gasteiger partial charge in [0.1, 0.15) is 11.3 Å². The number of hydrogen-bond donors (Lipinski definition) is 0. The molecule has 0 N–H and O–H groups in total. The Bertz CT molecular complexity index is 1120. The first-order valence-corrected chi connectivity index (χ1v) is 11.1. The van der Waals surface area contributed by atoms with Crippen molar-refractivity contribution < 1.29 is 28.2 Å². The second kappa shape index (κ2) is 9.64. The van der Waals surface area contributed by atoms with E-state index in [4.69, 9.17) is 14.2 Å². The summed E-state index contributed by atoms with van der Waals surface area (Å²) in [5.74, 6) is -1.27. The third-order valence-corrected chi connectivity index (χ3v) is 6.26. The van der Waals surface area contributed by atoms with Crippen LogP contribution in [0.1, 0.15) is 52.1 Å². The van der Waals surface area contributed by atoms with E-state index < -0.39 is 11.8 Å². The molecule has 0 bridgehead atoms. The molecule has 4 rings (SSSR count). The lowest BCUT2D eigenvalue weighted by Gasteiger charge is -2.20. The number of hydrogen-bond acceptors (Lipinski definition) is 6. The van der Waals surface area contributed by atoms with Gasteiger partial charge < -0.3 is 23.7 Å². The first-order valence-electron chi connectivity index (χ1n) is 11.1. The van der Waals surface area contributed by atoms with Gasteiger partial charge in [-0.15, -0.1) is 0 Å². The fourth-order valence-corrected chi connectivity index (χ4v) is 4.54. The van der Waals surface area contributed by atoms with E-state index in [2.05, 4.69) is 0 Å². The van der Waals surface area contributed by atoms with Crippen LogP contribution in [0.15, 0.2) is 29.1 Å². The predicted octanol–water partition coefficient (Wildman–Crippen LogP) is 2.80. The molecule has 0 saturated heterocycles. The second-order valence-electron chi connectivity index (χ2n) is 8.23. The van der Waals surface area contributed by atoms with E-state index in [1.807, 2.05) is 0 Å². The summed E-state index contributed by atoms with van der Waals surface area (Å²) in [5, 5.41) is 0. The molecule has 0 atom stereocenters. The SMILES string of the molecule is COC(=O)c1c(OC2CCCC2)cc(=O)n2c1CCN(C(=O)c1ccc(OC)c(F)c1)CC2. The summed E-state index contributed by atoms with van der Waals surface area (Å²) in [6.07, 6.45) is 4.06. The number of nitrogens with zero attached hydrogens (tertiary/aromatic N) is 2. The Morgan fingerprint density at radius 3 is 2.45 bits per heavy atom. The highest BCUT2D eigenvalue weighted by Gasteiger charge is 2.29. The van der Waals surface area contributed by atoms with Crippen LogP contribution in [0.25, 0.3) is 0 Å². The Kier molecular flexibility index (Phi) is 6.67. The van der Waals surface area contributed by atoms with Crippen molar-refractivity contribution in [2.75, 3.05) is 27.3 Å². The first kappa shape index (κ1) is 22.8. The highest BCUT2D eigenvalue weighted by Crippen LogP contribution is 2.29. The molecule has 9 heteroatoms. The minimum Gasteiger partial charge on any atom is -0.494 e. The van der Waals surface area contributed by atoms with Gasteiger partial charge in [-0.05, 0) is 43.9 Å². The maximum absolute atomic E-state index is 14.1. The lowest BCUT2D eigenvalue weighted by atomic mass is 10.1. The van der Waals surface area contributed by atoms with Crippen molar-refractivity contribution in [1.29, 1.82) is 0 Å². The number of pyridine rings is 1. The fraction of sp³-hybridized carbons (Fsp3) is 0.458. The van der Waals surface area contributed by atoms with Crippen molar-refractivity contribution in [2.24, 2.45) is 0 Å². The highest BCUT2D eigenvalue weighted by atomic mass is 19.1. The van der Waals surface area contributed by atoms with Gasteiger partial charge in [0.2, 0.25) is 0 Å². The van der Waals surface area contributed by atoms with Crippen molar-refractivity contribution in [3.05, 3.63) is 57.3 Å². The summed E-state index contributed by atoms with van der Waals surface area (Å²) >= 11 is 0. The zero-order chi connectivity index (χ0) is 23.5. The van der Waals surface area contributed by atoms with Crippen LogP contribution in [0.4, 0.5) is 4.39 Å². The third-order valence-electron chi connectivity index (χ3n) is 6.26. The number of methoxy groups -OCH3 is 2. The average molecular weight is 458 g/mol. The summed E-state index contributed by atoms with van der Waals surface area (Å²) in [5.41, 5.74) is 0.604. The van der Waals surface area contributed by atoms with E-state index in [9.17, 15) is 18.8 Å². The summed E-state index contributed by atoms with van der Waals surface area (Å²) in [7, 11) is 2.64. The van der Waals surface area contributed by atoms with Gasteiger partial charge in [0.05, 0.1) is 20.3 Å². The van der Waals surface area contributed by atoms with Gasteiger partial charge in [0.25, 0.3) is 11.5 Å². The van der Waals surface area contributed by atoms with Gasteiger partial charge in [0.15, 0.2) is 11.6 Å². The lowest BCUT2D eigenvalue weighted by molar-refractivity contribution is 0.0590. The zero-order valence-corrected chi connectivity index (χ0v) is 18.8. The molecular weight excluding hydrogens is 431 g/mol. The fourth-order valence-electron chi connectivity index (χ4n) is 4.54. The smallest absolute Gasteiger partial charge is 0.343 e. The van der Waals surface area contributed by atoms with E-state index in [0.29, 0.717) is 5.69 Å². The van der Waals surface area contributed by atoms with Gasteiger partial charge in [-0.1, -0.05) is 0 Å². The van der Waals surface area contributed by atoms with Crippen LogP contribution in [0.2, 0.25) is 0 Å². The minimum atomic E-state index is -0.626. The number of carbonyl (C=O) groups excluding carboxylic acids is 2. The van der Waals surface area contributed by atoms with Gasteiger partial charge >= 0.3 is 5.97 Å². The molecule has 1 aromatic heterocycles. The van der Waals surface area contributed by atoms with Crippen LogP contribution >= 0.6 is 0 Å². The molecule has 1 amide bonds. The number of ether oxygens (including phenoxy) is 3. The van der Waals surface area contributed by atoms with Gasteiger partial charge in [-0.2, -0.15) is 0 Å². The number of aromatic nitrogens is 1. The van der Waals surface area contributed by atoms with E-state index in [1.54, 1.807) is 4.90 Å². The van der Waals surface area contributed by atoms with E-state index in [-0.39, 0.29) is 66.3 Å². The average Bonchev–Trinajstić information content (AvgIpc) is 3.22. The summed E-state index contributed by atoms with van der Waals surface area (Å²) in [6.45, 7) is 0.692. The van der Waals surface area contributed by atoms with Crippen molar-refractivity contribution >= 4 is 11.9 Å². The molecule has 1 fully saturated rings. The van der Waals surface area contributed by atoms with E-state index >= 15 is 0 Å². The number of halogens is 1. The summed E-state index contributed by atoms with van der Waals surface area (Å²) < 4.78 is 31.6. The summed E-state index contributed by atoms with van der Waals surface area (Å²) in [4.78, 5) is 40.2. The summed E-state index contributed by atoms with van der Waals surface area (Å²) in [6, 6.07) is 5.38. The Balaban J connectivity index is 1.63. The molecule has 2 aromatic rings. The Hall–Kier alpha value is -3.36. The van der Waals surface area contributed by atoms with Crippen LogP contribution in [0.3, 0.4) is 0 Å². The van der Waals surface area contributed by atoms with E-state index in [0.717, 1.165) is 31.7 Å². The first-order chi connectivity index (χ1) is 15.9. The third kappa shape index (κ3) is 4.58. The molecular formula is C24H27FN2O6. The van der Waals surface area contributed by atoms with E-state index in [1.165, 1.54) is 37.0 Å². The number of rotatable bonds is 5. The Morgan fingerprint density at radius 2 is 1.79 bits per heavy atom. The number of esters is 1. The maximum atomic E-state index is 14.1. The highest BCUT2D eigenvalue weighted by molar-refractivity contribution is 5.95. The number of carbonyl (C=O) groups is 2. The molecule has 1 aliphatic heterocycles. The molecule has 0 spiro atoms. The van der Waals surface area contributed by atoms with Gasteiger partial charge in [-0.3, -0.25) is 9.59 Å². The Labute approximate surface area is 190 Å². The lowest BCUT2D eigenvalue weighted by Crippen LogP contribution is -2.34. The normalized spacial score (nSPS) is 16.2. The Morgan fingerprint density at radius 1 is 1.03 bits per heavy atom. The van der Waals surface area contributed by atoms with Crippen molar-refractivity contribution in [3.8, 4) is 11.5 Å². The van der Waals surface area contributed by atoms with Crippen LogP contribution < -0.4 is 15.0 Å². The largest absolute Gasteiger partial charge is 0.494 e. The van der Waals surface area contributed by atoms with Gasteiger partial charge in [0, 0.05) is 43.4 Å². The molecule has 1 aliphatic carbocycles. The standard InChI is InChI=1S/C24H27FN2O6/c1-31-19-8-7-15(13-17(19)25)23(29)26-10-9-18-22(24(30)32-2)20(33-16-5-3-4-6-16)14-21(28)27(18)12-11-26/h7-8,13-14,16H,3-6,9-12H2,1-2H3. The molecule has 33 heavy (non-hydrogen) atoms. The van der Waals surface area contributed by atoms with Crippen LogP contribution in [0.5, 0.6) is 11.5 Å². The molecule has 176 valence electrons. The van der Waals surface area contributed by atoms with Crippen molar-refractivity contribution in [2.45, 2.75) is 44.8 Å². The predicted molar refractivity (Wildman–Crippen MR) is 117 cm³/mol. The molecule has 8 nitrogen and oxygen atoms in total. The molecule has 0 unspecified atom stereocenters. The number of amides is 1. The molecule has 1 aromatic carbocycles.